The number of nitrogens with zero attached hydrogens (tertiary/aromatic N) is 1. The molecule has 0 unspecified atom stereocenters. The number of aliphatic hydroxyl groups excluding tert-OH is 5. The van der Waals surface area contributed by atoms with Crippen LogP contribution >= 0.6 is 0 Å². The van der Waals surface area contributed by atoms with Crippen molar-refractivity contribution in [1.82, 2.24) is 4.90 Å². The molecule has 0 aromatic heterocycles. The van der Waals surface area contributed by atoms with E-state index in [1.54, 1.807) is 4.90 Å². The Balaban J connectivity index is 0.00000234. The van der Waals surface area contributed by atoms with Gasteiger partial charge in [-0.1, -0.05) is 129 Å². The van der Waals surface area contributed by atoms with Crippen LogP contribution in [-0.4, -0.2) is 119 Å². The monoisotopic (exact) mass is 760 g/mol. The summed E-state index contributed by atoms with van der Waals surface area (Å²) in [5, 5.41) is 45.7. The van der Waals surface area contributed by atoms with E-state index in [-0.39, 0.29) is 39.3 Å². The Bertz CT molecular complexity index is 830. The molecule has 5 N–H and O–H groups in total. The highest BCUT2D eigenvalue weighted by Gasteiger charge is 2.45. The summed E-state index contributed by atoms with van der Waals surface area (Å²) in [5.74, 6) is -0.791. The highest BCUT2D eigenvalue weighted by Crippen LogP contribution is 2.24. The van der Waals surface area contributed by atoms with E-state index >= 15 is 0 Å². The Hall–Kier alpha value is -1.60. The zero-order chi connectivity index (χ0) is 39.2. The summed E-state index contributed by atoms with van der Waals surface area (Å²) in [5.41, 5.74) is 0. The zero-order valence-corrected chi connectivity index (χ0v) is 33.8. The third-order valence-corrected chi connectivity index (χ3v) is 9.64. The minimum Gasteiger partial charge on any atom is -0.457 e. The molecule has 0 bridgehead atoms. The third-order valence-electron chi connectivity index (χ3n) is 9.64. The van der Waals surface area contributed by atoms with Crippen molar-refractivity contribution in [1.29, 1.82) is 0 Å². The van der Waals surface area contributed by atoms with Crippen molar-refractivity contribution in [3.05, 3.63) is 12.2 Å². The fraction of sp³-hybridized carbons (Fsp3) is 0.905. The maximum Gasteiger partial charge on any atom is 0.306 e. The summed E-state index contributed by atoms with van der Waals surface area (Å²) in [6, 6.07) is 0. The van der Waals surface area contributed by atoms with Crippen LogP contribution < -0.4 is 0 Å². The zero-order valence-electron chi connectivity index (χ0n) is 33.8. The van der Waals surface area contributed by atoms with Gasteiger partial charge in [-0.15, -0.1) is 0 Å². The maximum absolute atomic E-state index is 12.5. The van der Waals surface area contributed by atoms with Gasteiger partial charge in [-0.3, -0.25) is 14.5 Å². The van der Waals surface area contributed by atoms with Gasteiger partial charge in [-0.2, -0.15) is 0 Å². The smallest absolute Gasteiger partial charge is 0.306 e. The first-order chi connectivity index (χ1) is 25.9. The van der Waals surface area contributed by atoms with E-state index in [1.807, 2.05) is 0 Å². The number of carbonyl (C=O) groups is 2. The number of aliphatic hydroxyl groups is 5. The van der Waals surface area contributed by atoms with Gasteiger partial charge in [-0.05, 0) is 38.5 Å². The number of allylic oxidation sites excluding steroid dienone is 2. The first-order valence-electron chi connectivity index (χ1n) is 21.4. The van der Waals surface area contributed by atoms with Crippen molar-refractivity contribution in [3.63, 3.8) is 0 Å². The van der Waals surface area contributed by atoms with E-state index in [9.17, 15) is 19.8 Å². The quantitative estimate of drug-likeness (QED) is 0.0263. The van der Waals surface area contributed by atoms with Gasteiger partial charge in [0.05, 0.1) is 33.0 Å². The molecule has 1 rings (SSSR count). The van der Waals surface area contributed by atoms with Gasteiger partial charge in [0.2, 0.25) is 0 Å². The molecule has 0 aliphatic carbocycles. The van der Waals surface area contributed by atoms with Crippen LogP contribution in [0, 0.1) is 0 Å². The molecule has 11 heteroatoms. The van der Waals surface area contributed by atoms with Crippen LogP contribution in [0.3, 0.4) is 0 Å². The van der Waals surface area contributed by atoms with Crippen molar-refractivity contribution < 1.29 is 49.3 Å². The van der Waals surface area contributed by atoms with Gasteiger partial charge < -0.3 is 39.7 Å². The maximum atomic E-state index is 12.5. The Morgan fingerprint density at radius 2 is 1.06 bits per heavy atom. The number of hydrogen-bond acceptors (Lipinski definition) is 11. The molecular weight excluding hydrogens is 678 g/mol. The normalized spacial score (nSPS) is 17.6. The fourth-order valence-electron chi connectivity index (χ4n) is 6.41. The van der Waals surface area contributed by atoms with Crippen molar-refractivity contribution in [2.24, 2.45) is 0 Å². The lowest BCUT2D eigenvalue weighted by Crippen LogP contribution is -2.45. The molecule has 1 fully saturated rings. The highest BCUT2D eigenvalue weighted by atomic mass is 16.6. The molecule has 1 saturated heterocycles. The third kappa shape index (κ3) is 30.3. The summed E-state index contributed by atoms with van der Waals surface area (Å²) in [6.45, 7) is 5.74. The average molecular weight is 760 g/mol. The molecule has 314 valence electrons. The second-order valence-corrected chi connectivity index (χ2v) is 14.5. The first kappa shape index (κ1) is 51.4. The van der Waals surface area contributed by atoms with Crippen molar-refractivity contribution in [2.75, 3.05) is 52.7 Å². The van der Waals surface area contributed by atoms with Crippen LogP contribution in [0.4, 0.5) is 0 Å². The molecule has 11 nitrogen and oxygen atoms in total. The number of rotatable bonds is 35. The topological polar surface area (TPSA) is 166 Å². The van der Waals surface area contributed by atoms with E-state index in [4.69, 9.17) is 29.5 Å². The van der Waals surface area contributed by atoms with Crippen molar-refractivity contribution in [3.8, 4) is 0 Å². The number of unbranched alkanes of at least 4 members (excludes halogenated alkanes) is 19. The standard InChI is InChI=1S/C36H66O7.C6H15NO3/c1-3-5-7-9-11-13-14-15-16-17-18-20-22-24-26-28-34(40)43-35-31(38)30-41-36(35)32(29-37)42-33(39)27-25-23-21-19-12-10-8-6-4-2;8-4-1-7(2-5-9)3-6-10/h15-16,31-32,35-38H,3-14,17-30H2,1-2H3;8-10H,1-6H2/b16-15-;/t31-,32+,35+,36+;/m0./s1. The van der Waals surface area contributed by atoms with Crippen LogP contribution in [0.1, 0.15) is 168 Å². The minimum atomic E-state index is -1.01. The number of hydrogen-bond donors (Lipinski definition) is 5. The summed E-state index contributed by atoms with van der Waals surface area (Å²) in [4.78, 5) is 26.7. The molecule has 4 atom stereocenters. The molecule has 1 aliphatic rings. The highest BCUT2D eigenvalue weighted by molar-refractivity contribution is 5.70. The largest absolute Gasteiger partial charge is 0.457 e. The van der Waals surface area contributed by atoms with E-state index in [0.29, 0.717) is 19.6 Å². The Kier molecular flexibility index (Phi) is 37.5. The fourth-order valence-corrected chi connectivity index (χ4v) is 6.41. The molecule has 53 heavy (non-hydrogen) atoms. The number of esters is 2. The van der Waals surface area contributed by atoms with Gasteiger partial charge in [0, 0.05) is 32.5 Å². The molecule has 0 aromatic rings. The molecule has 1 aliphatic heterocycles. The van der Waals surface area contributed by atoms with Crippen LogP contribution in [0.5, 0.6) is 0 Å². The summed E-state index contributed by atoms with van der Waals surface area (Å²) in [6.07, 6.45) is 27.2. The lowest BCUT2D eigenvalue weighted by molar-refractivity contribution is -0.171. The van der Waals surface area contributed by atoms with Gasteiger partial charge in [0.15, 0.2) is 12.2 Å². The van der Waals surface area contributed by atoms with E-state index in [2.05, 4.69) is 26.0 Å². The molecule has 0 radical (unpaired) electrons. The molecule has 0 aromatic carbocycles. The molecule has 0 amide bonds. The van der Waals surface area contributed by atoms with E-state index < -0.39 is 43.0 Å². The second-order valence-electron chi connectivity index (χ2n) is 14.5. The summed E-state index contributed by atoms with van der Waals surface area (Å²) >= 11 is 0. The van der Waals surface area contributed by atoms with Crippen LogP contribution in [0.2, 0.25) is 0 Å². The second kappa shape index (κ2) is 38.7. The first-order valence-corrected chi connectivity index (χ1v) is 21.4. The van der Waals surface area contributed by atoms with Crippen LogP contribution in [0.25, 0.3) is 0 Å². The SMILES string of the molecule is CCCCCCCC/C=C\CCCCCCCC(=O)O[C@H]1[C@@H]([C@@H](CO)OC(=O)CCCCCCCCCCC)OC[C@@H]1O.OCCN(CCO)CCO. The molecule has 0 spiro atoms. The lowest BCUT2D eigenvalue weighted by Gasteiger charge is -2.27. The Labute approximate surface area is 322 Å². The summed E-state index contributed by atoms with van der Waals surface area (Å²) in [7, 11) is 0. The summed E-state index contributed by atoms with van der Waals surface area (Å²) < 4.78 is 16.6. The van der Waals surface area contributed by atoms with Gasteiger partial charge in [-0.25, -0.2) is 0 Å². The minimum absolute atomic E-state index is 0.0255. The van der Waals surface area contributed by atoms with E-state index in [0.717, 1.165) is 51.4 Å². The van der Waals surface area contributed by atoms with Crippen LogP contribution in [-0.2, 0) is 23.8 Å². The average Bonchev–Trinajstić information content (AvgIpc) is 3.50. The van der Waals surface area contributed by atoms with Crippen LogP contribution in [0.15, 0.2) is 12.2 Å². The van der Waals surface area contributed by atoms with Gasteiger partial charge in [0.25, 0.3) is 0 Å². The number of carbonyl (C=O) groups excluding carboxylic acids is 2. The number of ether oxygens (including phenoxy) is 3. The van der Waals surface area contributed by atoms with E-state index in [1.165, 1.54) is 89.9 Å². The lowest BCUT2D eigenvalue weighted by atomic mass is 10.1. The predicted octanol–water partition coefficient (Wildman–Crippen LogP) is 6.79. The molecular formula is C42H81NO10. The Morgan fingerprint density at radius 1 is 0.642 bits per heavy atom. The molecule has 1 heterocycles. The van der Waals surface area contributed by atoms with Crippen molar-refractivity contribution >= 4 is 11.9 Å². The van der Waals surface area contributed by atoms with Gasteiger partial charge in [0.1, 0.15) is 12.2 Å². The predicted molar refractivity (Wildman–Crippen MR) is 212 cm³/mol. The van der Waals surface area contributed by atoms with Gasteiger partial charge >= 0.3 is 11.9 Å². The van der Waals surface area contributed by atoms with Crippen molar-refractivity contribution in [2.45, 2.75) is 192 Å². The Morgan fingerprint density at radius 3 is 1.49 bits per heavy atom. The molecule has 0 saturated carbocycles.